The lowest BCUT2D eigenvalue weighted by Gasteiger charge is -2.25. The summed E-state index contributed by atoms with van der Waals surface area (Å²) in [4.78, 5) is 11.9. The summed E-state index contributed by atoms with van der Waals surface area (Å²) in [6, 6.07) is 0. The summed E-state index contributed by atoms with van der Waals surface area (Å²) < 4.78 is 27.2. The first-order valence-electron chi connectivity index (χ1n) is 5.16. The Hall–Kier alpha value is -0.420. The number of Topliss-reactive ketones (excluding diaryl/α,β-unsaturated/α-hetero) is 1. The van der Waals surface area contributed by atoms with E-state index in [9.17, 15) is 13.2 Å². The highest BCUT2D eigenvalue weighted by atomic mass is 32.2. The fraction of sp³-hybridized carbons (Fsp3) is 0.900. The number of ether oxygens (including phenoxy) is 1. The van der Waals surface area contributed by atoms with Crippen molar-refractivity contribution in [1.29, 1.82) is 0 Å². The van der Waals surface area contributed by atoms with E-state index in [-0.39, 0.29) is 18.0 Å². The Morgan fingerprint density at radius 2 is 1.87 bits per heavy atom. The molecule has 1 aliphatic rings. The van der Waals surface area contributed by atoms with Crippen LogP contribution in [0, 0.1) is 0 Å². The zero-order valence-corrected chi connectivity index (χ0v) is 10.1. The molecule has 0 radical (unpaired) electrons. The average Bonchev–Trinajstić information content (AvgIpc) is 2.62. The molecule has 5 heteroatoms. The van der Waals surface area contributed by atoms with E-state index < -0.39 is 15.4 Å². The molecule has 0 atom stereocenters. The predicted molar refractivity (Wildman–Crippen MR) is 57.5 cm³/mol. The first-order valence-corrected chi connectivity index (χ1v) is 7.22. The Bertz CT molecular complexity index is 325. The van der Waals surface area contributed by atoms with Crippen molar-refractivity contribution in [1.82, 2.24) is 0 Å². The van der Waals surface area contributed by atoms with E-state index >= 15 is 0 Å². The molecule has 0 bridgehead atoms. The fourth-order valence-corrected chi connectivity index (χ4v) is 2.60. The van der Waals surface area contributed by atoms with Gasteiger partial charge in [-0.25, -0.2) is 8.42 Å². The van der Waals surface area contributed by atoms with Crippen LogP contribution >= 0.6 is 0 Å². The highest BCUT2D eigenvalue weighted by Crippen LogP contribution is 2.34. The van der Waals surface area contributed by atoms with Crippen molar-refractivity contribution in [2.75, 3.05) is 19.1 Å². The highest BCUT2D eigenvalue weighted by molar-refractivity contribution is 7.90. The van der Waals surface area contributed by atoms with Crippen LogP contribution in [0.4, 0.5) is 0 Å². The molecule has 0 heterocycles. The second-order valence-electron chi connectivity index (χ2n) is 4.21. The monoisotopic (exact) mass is 234 g/mol. The van der Waals surface area contributed by atoms with Crippen LogP contribution in [0.3, 0.4) is 0 Å². The summed E-state index contributed by atoms with van der Waals surface area (Å²) in [7, 11) is -1.53. The minimum atomic E-state index is -3.06. The van der Waals surface area contributed by atoms with Gasteiger partial charge < -0.3 is 4.74 Å². The van der Waals surface area contributed by atoms with Gasteiger partial charge in [0, 0.05) is 19.8 Å². The summed E-state index contributed by atoms with van der Waals surface area (Å²) in [6.07, 6.45) is 4.65. The Morgan fingerprint density at radius 3 is 2.27 bits per heavy atom. The van der Waals surface area contributed by atoms with Gasteiger partial charge in [0.05, 0.1) is 5.75 Å². The number of methoxy groups -OCH3 is 1. The molecule has 0 unspecified atom stereocenters. The summed E-state index contributed by atoms with van der Waals surface area (Å²) in [6.45, 7) is 0. The topological polar surface area (TPSA) is 60.4 Å². The van der Waals surface area contributed by atoms with Crippen molar-refractivity contribution in [2.45, 2.75) is 37.7 Å². The third-order valence-corrected chi connectivity index (χ3v) is 3.96. The average molecular weight is 234 g/mol. The molecule has 0 aromatic heterocycles. The zero-order chi connectivity index (χ0) is 11.5. The molecule has 0 amide bonds. The number of sulfone groups is 1. The van der Waals surface area contributed by atoms with Crippen LogP contribution in [0.2, 0.25) is 0 Å². The van der Waals surface area contributed by atoms with E-state index in [1.165, 1.54) is 7.11 Å². The molecule has 1 rings (SSSR count). The molecule has 0 aromatic carbocycles. The summed E-state index contributed by atoms with van der Waals surface area (Å²) in [5, 5.41) is 0. The Labute approximate surface area is 90.9 Å². The second kappa shape index (κ2) is 4.61. The van der Waals surface area contributed by atoms with Crippen molar-refractivity contribution in [3.8, 4) is 0 Å². The van der Waals surface area contributed by atoms with Gasteiger partial charge in [0.1, 0.15) is 15.4 Å². The van der Waals surface area contributed by atoms with Gasteiger partial charge in [-0.2, -0.15) is 0 Å². The van der Waals surface area contributed by atoms with Crippen LogP contribution in [-0.4, -0.2) is 38.9 Å². The fourth-order valence-electron chi connectivity index (χ4n) is 2.05. The van der Waals surface area contributed by atoms with E-state index in [1.807, 2.05) is 0 Å². The first kappa shape index (κ1) is 12.6. The van der Waals surface area contributed by atoms with Crippen LogP contribution in [0.1, 0.15) is 32.1 Å². The maximum absolute atomic E-state index is 11.9. The largest absolute Gasteiger partial charge is 0.370 e. The summed E-state index contributed by atoms with van der Waals surface area (Å²) >= 11 is 0. The quantitative estimate of drug-likeness (QED) is 0.710. The molecule has 0 spiro atoms. The highest BCUT2D eigenvalue weighted by Gasteiger charge is 2.40. The number of hydrogen-bond donors (Lipinski definition) is 0. The van der Waals surface area contributed by atoms with Crippen LogP contribution in [0.25, 0.3) is 0 Å². The third kappa shape index (κ3) is 3.28. The maximum Gasteiger partial charge on any atom is 0.165 e. The molecular weight excluding hydrogens is 216 g/mol. The molecule has 0 N–H and O–H groups in total. The van der Waals surface area contributed by atoms with Gasteiger partial charge in [-0.3, -0.25) is 4.79 Å². The first-order chi connectivity index (χ1) is 6.90. The van der Waals surface area contributed by atoms with Crippen molar-refractivity contribution in [3.05, 3.63) is 0 Å². The molecule has 0 aliphatic heterocycles. The molecule has 1 saturated carbocycles. The number of carbonyl (C=O) groups excluding carboxylic acids is 1. The van der Waals surface area contributed by atoms with Crippen molar-refractivity contribution >= 4 is 15.6 Å². The molecule has 0 aromatic rings. The Morgan fingerprint density at radius 1 is 1.33 bits per heavy atom. The van der Waals surface area contributed by atoms with E-state index in [0.717, 1.165) is 31.9 Å². The van der Waals surface area contributed by atoms with Gasteiger partial charge in [-0.1, -0.05) is 0 Å². The molecule has 4 nitrogen and oxygen atoms in total. The van der Waals surface area contributed by atoms with Gasteiger partial charge in [-0.15, -0.1) is 0 Å². The zero-order valence-electron chi connectivity index (χ0n) is 9.28. The lowest BCUT2D eigenvalue weighted by Crippen LogP contribution is -2.38. The summed E-state index contributed by atoms with van der Waals surface area (Å²) in [5.74, 6) is -0.135. The van der Waals surface area contributed by atoms with E-state index in [2.05, 4.69) is 0 Å². The number of ketones is 1. The second-order valence-corrected chi connectivity index (χ2v) is 6.47. The molecule has 88 valence electrons. The lowest BCUT2D eigenvalue weighted by molar-refractivity contribution is -0.139. The van der Waals surface area contributed by atoms with Gasteiger partial charge in [0.15, 0.2) is 5.78 Å². The minimum Gasteiger partial charge on any atom is -0.370 e. The molecule has 0 saturated heterocycles. The van der Waals surface area contributed by atoms with E-state index in [4.69, 9.17) is 4.74 Å². The van der Waals surface area contributed by atoms with Crippen molar-refractivity contribution in [3.63, 3.8) is 0 Å². The standard InChI is InChI=1S/C10H18O4S/c1-14-10(6-3-4-7-10)9(11)5-8-15(2,12)13/h3-8H2,1-2H3. The number of carbonyl (C=O) groups is 1. The van der Waals surface area contributed by atoms with E-state index in [1.54, 1.807) is 0 Å². The third-order valence-electron chi connectivity index (χ3n) is 3.01. The Balaban J connectivity index is 2.59. The van der Waals surface area contributed by atoms with Crippen LogP contribution < -0.4 is 0 Å². The van der Waals surface area contributed by atoms with E-state index in [0.29, 0.717) is 0 Å². The lowest BCUT2D eigenvalue weighted by atomic mass is 9.94. The Kier molecular flexibility index (Phi) is 3.89. The van der Waals surface area contributed by atoms with Gasteiger partial charge in [0.2, 0.25) is 0 Å². The van der Waals surface area contributed by atoms with Crippen molar-refractivity contribution < 1.29 is 17.9 Å². The normalized spacial score (nSPS) is 20.4. The number of rotatable bonds is 5. The minimum absolute atomic E-state index is 0.0621. The van der Waals surface area contributed by atoms with Gasteiger partial charge in [0.25, 0.3) is 0 Å². The SMILES string of the molecule is COC1(C(=O)CCS(C)(=O)=O)CCCC1. The molecule has 1 fully saturated rings. The molecule has 15 heavy (non-hydrogen) atoms. The molecule has 1 aliphatic carbocycles. The van der Waals surface area contributed by atoms with Crippen LogP contribution in [-0.2, 0) is 19.4 Å². The van der Waals surface area contributed by atoms with Crippen LogP contribution in [0.15, 0.2) is 0 Å². The maximum atomic E-state index is 11.9. The number of hydrogen-bond acceptors (Lipinski definition) is 4. The molecular formula is C10H18O4S. The van der Waals surface area contributed by atoms with Crippen molar-refractivity contribution in [2.24, 2.45) is 0 Å². The predicted octanol–water partition coefficient (Wildman–Crippen LogP) is 0.949. The smallest absolute Gasteiger partial charge is 0.165 e. The van der Waals surface area contributed by atoms with Crippen LogP contribution in [0.5, 0.6) is 0 Å². The summed E-state index contributed by atoms with van der Waals surface area (Å²) in [5.41, 5.74) is -0.690. The van der Waals surface area contributed by atoms with Gasteiger partial charge in [-0.05, 0) is 25.7 Å². The van der Waals surface area contributed by atoms with Gasteiger partial charge >= 0.3 is 0 Å².